The highest BCUT2D eigenvalue weighted by Crippen LogP contribution is 2.36. The van der Waals surface area contributed by atoms with Crippen molar-refractivity contribution in [2.24, 2.45) is 0 Å². The normalized spacial score (nSPS) is 12.0. The fraction of sp³-hybridized carbons (Fsp3) is 0.0667. The van der Waals surface area contributed by atoms with Gasteiger partial charge in [0.1, 0.15) is 0 Å². The number of nitrogens with one attached hydrogen (secondary N) is 1. The zero-order chi connectivity index (χ0) is 16.7. The van der Waals surface area contributed by atoms with Gasteiger partial charge in [0.05, 0.1) is 22.3 Å². The van der Waals surface area contributed by atoms with Crippen molar-refractivity contribution < 1.29 is 13.2 Å². The van der Waals surface area contributed by atoms with Gasteiger partial charge in [0.15, 0.2) is 5.82 Å². The molecule has 120 valence electrons. The number of para-hydroxylation sites is 3. The van der Waals surface area contributed by atoms with Gasteiger partial charge in [-0.05, 0) is 34.7 Å². The highest BCUT2D eigenvalue weighted by atomic mass is 19.4. The lowest BCUT2D eigenvalue weighted by molar-refractivity contribution is -0.136. The summed E-state index contributed by atoms with van der Waals surface area (Å²) in [7, 11) is 0. The number of anilines is 2. The van der Waals surface area contributed by atoms with E-state index < -0.39 is 11.7 Å². The second-order valence-corrected chi connectivity index (χ2v) is 5.03. The Kier molecular flexibility index (Phi) is 3.08. The van der Waals surface area contributed by atoms with Crippen LogP contribution in [0.5, 0.6) is 0 Å². The van der Waals surface area contributed by atoms with E-state index in [1.807, 2.05) is 0 Å². The maximum absolute atomic E-state index is 13.2. The van der Waals surface area contributed by atoms with Crippen LogP contribution in [0, 0.1) is 0 Å². The number of rotatable bonds is 2. The molecule has 6 nitrogen and oxygen atoms in total. The lowest BCUT2D eigenvalue weighted by atomic mass is 10.1. The SMILES string of the molecule is FC(F)(F)c1ccccc1Nc1nc2ccccc2n2nnnc12. The quantitative estimate of drug-likeness (QED) is 0.610. The van der Waals surface area contributed by atoms with Crippen molar-refractivity contribution in [1.82, 2.24) is 25.0 Å². The summed E-state index contributed by atoms with van der Waals surface area (Å²) in [6.07, 6.45) is -4.48. The van der Waals surface area contributed by atoms with Crippen molar-refractivity contribution in [2.45, 2.75) is 6.18 Å². The Morgan fingerprint density at radius 2 is 1.71 bits per heavy atom. The van der Waals surface area contributed by atoms with Crippen molar-refractivity contribution in [2.75, 3.05) is 5.32 Å². The molecule has 1 N–H and O–H groups in total. The minimum atomic E-state index is -4.48. The molecule has 0 aliphatic carbocycles. The average Bonchev–Trinajstić information content (AvgIpc) is 3.05. The van der Waals surface area contributed by atoms with E-state index in [-0.39, 0.29) is 17.2 Å². The van der Waals surface area contributed by atoms with Crippen molar-refractivity contribution in [3.8, 4) is 0 Å². The summed E-state index contributed by atoms with van der Waals surface area (Å²) in [5, 5.41) is 14.0. The summed E-state index contributed by atoms with van der Waals surface area (Å²) < 4.78 is 40.9. The van der Waals surface area contributed by atoms with Crippen LogP contribution < -0.4 is 5.32 Å². The van der Waals surface area contributed by atoms with Crippen LogP contribution in [-0.4, -0.2) is 25.0 Å². The van der Waals surface area contributed by atoms with Gasteiger partial charge >= 0.3 is 6.18 Å². The zero-order valence-corrected chi connectivity index (χ0v) is 12.0. The van der Waals surface area contributed by atoms with Crippen LogP contribution in [-0.2, 0) is 6.18 Å². The van der Waals surface area contributed by atoms with Gasteiger partial charge in [-0.1, -0.05) is 24.3 Å². The first-order chi connectivity index (χ1) is 11.5. The minimum Gasteiger partial charge on any atom is -0.336 e. The lowest BCUT2D eigenvalue weighted by Gasteiger charge is -2.14. The van der Waals surface area contributed by atoms with Crippen LogP contribution in [0.3, 0.4) is 0 Å². The largest absolute Gasteiger partial charge is 0.418 e. The number of alkyl halides is 3. The molecular formula is C15H9F3N6. The predicted octanol–water partition coefficient (Wildman–Crippen LogP) is 3.43. The standard InChI is InChI=1S/C15H9F3N6/c16-15(17,18)9-5-1-2-6-10(9)19-13-14-21-22-23-24(14)12-8-4-3-7-11(12)20-13/h1-8H,(H,19,20). The van der Waals surface area contributed by atoms with Crippen LogP contribution in [0.1, 0.15) is 5.56 Å². The number of hydrogen-bond donors (Lipinski definition) is 1. The van der Waals surface area contributed by atoms with Gasteiger partial charge in [-0.15, -0.1) is 5.10 Å². The molecule has 2 heterocycles. The summed E-state index contributed by atoms with van der Waals surface area (Å²) in [6, 6.07) is 12.3. The van der Waals surface area contributed by atoms with E-state index in [0.717, 1.165) is 6.07 Å². The van der Waals surface area contributed by atoms with E-state index in [4.69, 9.17) is 0 Å². The molecule has 0 amide bonds. The molecule has 2 aromatic carbocycles. The molecule has 0 bridgehead atoms. The molecular weight excluding hydrogens is 321 g/mol. The fourth-order valence-electron chi connectivity index (χ4n) is 2.46. The molecule has 0 spiro atoms. The van der Waals surface area contributed by atoms with Gasteiger partial charge in [-0.3, -0.25) is 0 Å². The molecule has 4 aromatic rings. The smallest absolute Gasteiger partial charge is 0.336 e. The molecule has 4 rings (SSSR count). The zero-order valence-electron chi connectivity index (χ0n) is 12.0. The number of benzene rings is 2. The predicted molar refractivity (Wildman–Crippen MR) is 80.8 cm³/mol. The van der Waals surface area contributed by atoms with E-state index >= 15 is 0 Å². The van der Waals surface area contributed by atoms with Gasteiger partial charge < -0.3 is 5.32 Å². The van der Waals surface area contributed by atoms with Gasteiger partial charge in [0, 0.05) is 0 Å². The molecule has 0 aliphatic rings. The molecule has 9 heteroatoms. The Hall–Kier alpha value is -3.23. The molecule has 2 aromatic heterocycles. The van der Waals surface area contributed by atoms with Crippen molar-refractivity contribution in [3.63, 3.8) is 0 Å². The molecule has 0 fully saturated rings. The highest BCUT2D eigenvalue weighted by molar-refractivity contribution is 5.83. The van der Waals surface area contributed by atoms with Crippen molar-refractivity contribution in [3.05, 3.63) is 54.1 Å². The monoisotopic (exact) mass is 330 g/mol. The molecule has 0 saturated heterocycles. The van der Waals surface area contributed by atoms with Gasteiger partial charge in [0.25, 0.3) is 0 Å². The van der Waals surface area contributed by atoms with E-state index in [1.54, 1.807) is 24.3 Å². The van der Waals surface area contributed by atoms with E-state index in [1.165, 1.54) is 22.7 Å². The molecule has 0 unspecified atom stereocenters. The summed E-state index contributed by atoms with van der Waals surface area (Å²) in [5.74, 6) is 0.149. The second-order valence-electron chi connectivity index (χ2n) is 5.03. The Morgan fingerprint density at radius 3 is 2.54 bits per heavy atom. The van der Waals surface area contributed by atoms with E-state index in [0.29, 0.717) is 11.0 Å². The number of nitrogens with zero attached hydrogens (tertiary/aromatic N) is 5. The van der Waals surface area contributed by atoms with Gasteiger partial charge in [0.2, 0.25) is 5.65 Å². The van der Waals surface area contributed by atoms with E-state index in [2.05, 4.69) is 25.8 Å². The topological polar surface area (TPSA) is 68.0 Å². The third-order valence-electron chi connectivity index (χ3n) is 3.51. The Morgan fingerprint density at radius 1 is 0.958 bits per heavy atom. The van der Waals surface area contributed by atoms with Crippen LogP contribution in [0.2, 0.25) is 0 Å². The van der Waals surface area contributed by atoms with Crippen LogP contribution >= 0.6 is 0 Å². The highest BCUT2D eigenvalue weighted by Gasteiger charge is 2.33. The number of halogens is 3. The number of fused-ring (bicyclic) bond motifs is 3. The minimum absolute atomic E-state index is 0.113. The molecule has 0 atom stereocenters. The molecule has 0 saturated carbocycles. The van der Waals surface area contributed by atoms with E-state index in [9.17, 15) is 13.2 Å². The Balaban J connectivity index is 1.90. The van der Waals surface area contributed by atoms with Crippen molar-refractivity contribution in [1.29, 1.82) is 0 Å². The molecule has 24 heavy (non-hydrogen) atoms. The molecule has 0 radical (unpaired) electrons. The van der Waals surface area contributed by atoms with Crippen molar-refractivity contribution >= 4 is 28.2 Å². The van der Waals surface area contributed by atoms with Crippen LogP contribution in [0.25, 0.3) is 16.7 Å². The Bertz CT molecular complexity index is 1040. The lowest BCUT2D eigenvalue weighted by Crippen LogP contribution is -2.09. The number of hydrogen-bond acceptors (Lipinski definition) is 5. The molecule has 0 aliphatic heterocycles. The maximum Gasteiger partial charge on any atom is 0.418 e. The number of aromatic nitrogens is 5. The third kappa shape index (κ3) is 2.30. The summed E-state index contributed by atoms with van der Waals surface area (Å²) >= 11 is 0. The Labute approximate surface area is 132 Å². The van der Waals surface area contributed by atoms with Crippen LogP contribution in [0.15, 0.2) is 48.5 Å². The summed E-state index contributed by atoms with van der Waals surface area (Å²) in [6.45, 7) is 0. The summed E-state index contributed by atoms with van der Waals surface area (Å²) in [4.78, 5) is 4.35. The first-order valence-corrected chi connectivity index (χ1v) is 6.94. The second kappa shape index (κ2) is 5.15. The maximum atomic E-state index is 13.2. The van der Waals surface area contributed by atoms with Gasteiger partial charge in [-0.25, -0.2) is 4.98 Å². The third-order valence-corrected chi connectivity index (χ3v) is 3.51. The van der Waals surface area contributed by atoms with Gasteiger partial charge in [-0.2, -0.15) is 17.7 Å². The average molecular weight is 330 g/mol. The fourth-order valence-corrected chi connectivity index (χ4v) is 2.46. The first-order valence-electron chi connectivity index (χ1n) is 6.94. The number of tetrazole rings is 1. The van der Waals surface area contributed by atoms with Crippen LogP contribution in [0.4, 0.5) is 24.7 Å². The summed E-state index contributed by atoms with van der Waals surface area (Å²) in [5.41, 5.74) is 0.561. The first kappa shape index (κ1) is 14.4.